The molecule has 12 heavy (non-hydrogen) atoms. The smallest absolute Gasteiger partial charge is 0.286 e. The van der Waals surface area contributed by atoms with Crippen molar-refractivity contribution in [2.45, 2.75) is 4.58 Å². The molecule has 0 amide bonds. The number of nitrogens with one attached hydrogen (secondary N) is 1. The van der Waals surface area contributed by atoms with E-state index in [1.165, 1.54) is 5.48 Å². The van der Waals surface area contributed by atoms with Crippen LogP contribution in [0.3, 0.4) is 0 Å². The summed E-state index contributed by atoms with van der Waals surface area (Å²) in [5.41, 5.74) is 1.20. The summed E-state index contributed by atoms with van der Waals surface area (Å²) in [4.78, 5) is 0. The van der Waals surface area contributed by atoms with Crippen molar-refractivity contribution in [2.75, 3.05) is 6.54 Å². The van der Waals surface area contributed by atoms with E-state index in [2.05, 4.69) is 0 Å². The van der Waals surface area contributed by atoms with Gasteiger partial charge in [-0.25, -0.2) is 5.48 Å². The molecule has 0 bridgehead atoms. The Balaban J connectivity index is 4.97. The maximum absolute atomic E-state index is 10.2. The van der Waals surface area contributed by atoms with E-state index in [0.717, 1.165) is 0 Å². The van der Waals surface area contributed by atoms with Gasteiger partial charge < -0.3 is 5.21 Å². The third-order valence-corrected chi connectivity index (χ3v) is 4.04. The van der Waals surface area contributed by atoms with E-state index >= 15 is 0 Å². The lowest BCUT2D eigenvalue weighted by molar-refractivity contribution is 0.169. The van der Waals surface area contributed by atoms with Crippen molar-refractivity contribution in [3.8, 4) is 0 Å². The molecule has 0 atom stereocenters. The molecule has 0 unspecified atom stereocenters. The fourth-order valence-electron chi connectivity index (χ4n) is 0.439. The molecule has 0 aromatic carbocycles. The molecule has 0 aliphatic carbocycles. The average molecular weight is 221 g/mol. The Kier molecular flexibility index (Phi) is 3.56. The lowest BCUT2D eigenvalue weighted by Crippen LogP contribution is -2.38. The summed E-state index contributed by atoms with van der Waals surface area (Å²) in [7, 11) is -9.89. The Bertz CT molecular complexity index is 294. The lowest BCUT2D eigenvalue weighted by atomic mass is 10.8. The number of hydroxylamine groups is 1. The summed E-state index contributed by atoms with van der Waals surface area (Å²) in [6.45, 7) is -1.02. The molecule has 0 fully saturated rings. The van der Waals surface area contributed by atoms with E-state index in [1.54, 1.807) is 0 Å². The van der Waals surface area contributed by atoms with Gasteiger partial charge in [0.25, 0.3) is 20.2 Å². The average Bonchev–Trinajstić information content (AvgIpc) is 1.77. The van der Waals surface area contributed by atoms with Crippen molar-refractivity contribution in [1.29, 1.82) is 0 Å². The van der Waals surface area contributed by atoms with Gasteiger partial charge in [0.2, 0.25) is 4.58 Å². The van der Waals surface area contributed by atoms with Crippen LogP contribution in [0, 0.1) is 0 Å². The highest BCUT2D eigenvalue weighted by molar-refractivity contribution is 8.04. The lowest BCUT2D eigenvalue weighted by Gasteiger charge is -2.08. The Morgan fingerprint density at radius 1 is 1.08 bits per heavy atom. The fourth-order valence-corrected chi connectivity index (χ4v) is 2.24. The Labute approximate surface area is 68.7 Å². The highest BCUT2D eigenvalue weighted by Crippen LogP contribution is 2.04. The van der Waals surface area contributed by atoms with Crippen LogP contribution in [0.4, 0.5) is 0 Å². The van der Waals surface area contributed by atoms with E-state index in [1.807, 2.05) is 0 Å². The molecule has 0 heterocycles. The van der Waals surface area contributed by atoms with Crippen LogP contribution >= 0.6 is 0 Å². The summed E-state index contributed by atoms with van der Waals surface area (Å²) < 4.78 is 54.9. The van der Waals surface area contributed by atoms with Crippen LogP contribution in [0.25, 0.3) is 0 Å². The maximum atomic E-state index is 10.2. The van der Waals surface area contributed by atoms with Crippen molar-refractivity contribution >= 4 is 20.2 Å². The molecule has 74 valence electrons. The SMILES string of the molecule is O=S(=O)(O)C(CNO)S(=O)(=O)O. The topological polar surface area (TPSA) is 141 Å². The van der Waals surface area contributed by atoms with Crippen LogP contribution in [0.1, 0.15) is 0 Å². The Hall–Kier alpha value is -0.260. The highest BCUT2D eigenvalue weighted by atomic mass is 32.3. The first kappa shape index (κ1) is 11.7. The molecule has 0 radical (unpaired) electrons. The minimum Gasteiger partial charge on any atom is -0.317 e. The van der Waals surface area contributed by atoms with Crippen molar-refractivity contribution < 1.29 is 31.1 Å². The molecule has 0 rings (SSSR count). The zero-order valence-electron chi connectivity index (χ0n) is 5.58. The summed E-state index contributed by atoms with van der Waals surface area (Å²) in [6.07, 6.45) is 0. The minimum atomic E-state index is -4.95. The second-order valence-electron chi connectivity index (χ2n) is 1.82. The third-order valence-electron chi connectivity index (χ3n) is 0.922. The molecule has 0 aromatic rings. The predicted octanol–water partition coefficient (Wildman–Crippen LogP) is -1.93. The van der Waals surface area contributed by atoms with Gasteiger partial charge in [-0.1, -0.05) is 0 Å². The molecular formula is C2H7NO7S2. The fraction of sp³-hybridized carbons (Fsp3) is 1.00. The van der Waals surface area contributed by atoms with Gasteiger partial charge in [-0.15, -0.1) is 0 Å². The van der Waals surface area contributed by atoms with Gasteiger partial charge in [0.15, 0.2) is 0 Å². The minimum absolute atomic E-state index is 1.02. The van der Waals surface area contributed by atoms with Crippen LogP contribution in [0.2, 0.25) is 0 Å². The molecular weight excluding hydrogens is 214 g/mol. The molecule has 4 N–H and O–H groups in total. The predicted molar refractivity (Wildman–Crippen MR) is 36.7 cm³/mol. The van der Waals surface area contributed by atoms with Crippen molar-refractivity contribution in [3.63, 3.8) is 0 Å². The van der Waals surface area contributed by atoms with Gasteiger partial charge in [-0.2, -0.15) is 16.8 Å². The van der Waals surface area contributed by atoms with Crippen LogP contribution in [-0.4, -0.2) is 42.3 Å². The van der Waals surface area contributed by atoms with Crippen LogP contribution in [0.15, 0.2) is 0 Å². The van der Waals surface area contributed by atoms with Gasteiger partial charge in [0, 0.05) is 0 Å². The van der Waals surface area contributed by atoms with Crippen molar-refractivity contribution in [3.05, 3.63) is 0 Å². The normalized spacial score (nSPS) is 13.7. The number of hydrogen-bond donors (Lipinski definition) is 4. The second-order valence-corrected chi connectivity index (χ2v) is 5.32. The van der Waals surface area contributed by atoms with Gasteiger partial charge in [-0.3, -0.25) is 9.11 Å². The van der Waals surface area contributed by atoms with Crippen LogP contribution < -0.4 is 5.48 Å². The van der Waals surface area contributed by atoms with Crippen molar-refractivity contribution in [1.82, 2.24) is 5.48 Å². The number of hydrogen-bond acceptors (Lipinski definition) is 6. The Morgan fingerprint density at radius 2 is 1.42 bits per heavy atom. The molecule has 0 saturated carbocycles. The van der Waals surface area contributed by atoms with E-state index in [9.17, 15) is 16.8 Å². The summed E-state index contributed by atoms with van der Waals surface area (Å²) in [5, 5.41) is 7.96. The molecule has 0 aromatic heterocycles. The van der Waals surface area contributed by atoms with Crippen LogP contribution in [0.5, 0.6) is 0 Å². The maximum Gasteiger partial charge on any atom is 0.286 e. The first-order valence-electron chi connectivity index (χ1n) is 2.49. The largest absolute Gasteiger partial charge is 0.317 e. The summed E-state index contributed by atoms with van der Waals surface area (Å²) >= 11 is 0. The summed E-state index contributed by atoms with van der Waals surface area (Å²) in [6, 6.07) is 0. The van der Waals surface area contributed by atoms with Gasteiger partial charge in [0.05, 0.1) is 6.54 Å². The quantitative estimate of drug-likeness (QED) is 0.317. The van der Waals surface area contributed by atoms with E-state index in [0.29, 0.717) is 0 Å². The summed E-state index contributed by atoms with van der Waals surface area (Å²) in [5.74, 6) is 0. The molecule has 0 saturated heterocycles. The zero-order chi connectivity index (χ0) is 9.99. The first-order valence-corrected chi connectivity index (χ1v) is 5.50. The molecule has 0 spiro atoms. The highest BCUT2D eigenvalue weighted by Gasteiger charge is 2.34. The zero-order valence-corrected chi connectivity index (χ0v) is 7.21. The molecule has 10 heteroatoms. The third kappa shape index (κ3) is 3.42. The molecule has 8 nitrogen and oxygen atoms in total. The van der Waals surface area contributed by atoms with Crippen molar-refractivity contribution in [2.24, 2.45) is 0 Å². The standard InChI is InChI=1S/C2H7NO7S2/c4-3-1-2(11(5,6)7)12(8,9)10/h2-4H,1H2,(H,5,6,7)(H,8,9,10). The number of rotatable bonds is 4. The van der Waals surface area contributed by atoms with Gasteiger partial charge in [0.1, 0.15) is 0 Å². The van der Waals surface area contributed by atoms with Gasteiger partial charge >= 0.3 is 0 Å². The van der Waals surface area contributed by atoms with E-state index in [-0.39, 0.29) is 0 Å². The molecule has 0 aliphatic rings. The van der Waals surface area contributed by atoms with Crippen LogP contribution in [-0.2, 0) is 20.2 Å². The Morgan fingerprint density at radius 3 is 1.50 bits per heavy atom. The monoisotopic (exact) mass is 221 g/mol. The molecule has 0 aliphatic heterocycles. The van der Waals surface area contributed by atoms with Gasteiger partial charge in [-0.05, 0) is 0 Å². The van der Waals surface area contributed by atoms with E-state index < -0.39 is 31.4 Å². The first-order chi connectivity index (χ1) is 5.19. The second kappa shape index (κ2) is 3.64. The van der Waals surface area contributed by atoms with E-state index in [4.69, 9.17) is 14.3 Å².